The molecule has 2 N–H and O–H groups in total. The van der Waals surface area contributed by atoms with Crippen LogP contribution in [0.2, 0.25) is 0 Å². The van der Waals surface area contributed by atoms with E-state index in [1.54, 1.807) is 6.07 Å². The third-order valence-corrected chi connectivity index (χ3v) is 1.64. The fourth-order valence-corrected chi connectivity index (χ4v) is 0.995. The maximum absolute atomic E-state index is 12.6. The molecule has 1 unspecified atom stereocenters. The molecule has 21 heavy (non-hydrogen) atoms. The molecule has 1 aromatic carbocycles. The molecule has 0 spiro atoms. The monoisotopic (exact) mass is 332 g/mol. The minimum Gasteiger partial charge on any atom is -0.487 e. The number of aliphatic hydroxyl groups is 1. The summed E-state index contributed by atoms with van der Waals surface area (Å²) >= 11 is 0. The van der Waals surface area contributed by atoms with E-state index in [0.717, 1.165) is 0 Å². The largest absolute Gasteiger partial charge is 0.487 e. The smallest absolute Gasteiger partial charge is 0.304 e. The van der Waals surface area contributed by atoms with E-state index in [9.17, 15) is 21.6 Å². The molecular formula is C11H15F3O6S. The average molecular weight is 332 g/mol. The average Bonchev–Trinajstić information content (AvgIpc) is 2.35. The van der Waals surface area contributed by atoms with Crippen LogP contribution in [-0.2, 0) is 10.1 Å². The van der Waals surface area contributed by atoms with Gasteiger partial charge in [0.1, 0.15) is 6.61 Å². The fraction of sp³-hybridized carbons (Fsp3) is 0.455. The lowest BCUT2D eigenvalue weighted by Gasteiger charge is -2.14. The summed E-state index contributed by atoms with van der Waals surface area (Å²) in [4.78, 5) is 0. The molecule has 0 saturated heterocycles. The Bertz CT molecular complexity index is 500. The van der Waals surface area contributed by atoms with Crippen molar-refractivity contribution in [2.24, 2.45) is 0 Å². The molecule has 0 saturated carbocycles. The first kappa shape index (κ1) is 19.5. The lowest BCUT2D eigenvalue weighted by molar-refractivity contribution is -0.0680. The van der Waals surface area contributed by atoms with Crippen molar-refractivity contribution in [2.45, 2.75) is 12.8 Å². The van der Waals surface area contributed by atoms with Crippen molar-refractivity contribution in [3.8, 4) is 11.5 Å². The van der Waals surface area contributed by atoms with Crippen LogP contribution in [0.3, 0.4) is 0 Å². The Balaban J connectivity index is 0.000000690. The Kier molecular flexibility index (Phi) is 8.74. The number of para-hydroxylation sites is 2. The van der Waals surface area contributed by atoms with Crippen LogP contribution in [-0.4, -0.2) is 50.3 Å². The van der Waals surface area contributed by atoms with Gasteiger partial charge in [-0.15, -0.1) is 0 Å². The topological polar surface area (TPSA) is 93.1 Å². The first-order valence-electron chi connectivity index (χ1n) is 5.49. The van der Waals surface area contributed by atoms with Gasteiger partial charge in [0.25, 0.3) is 16.5 Å². The molecule has 10 heteroatoms. The van der Waals surface area contributed by atoms with Crippen molar-refractivity contribution in [3.05, 3.63) is 24.3 Å². The summed E-state index contributed by atoms with van der Waals surface area (Å²) < 4.78 is 71.7. The highest BCUT2D eigenvalue weighted by atomic mass is 32.2. The Morgan fingerprint density at radius 3 is 2.10 bits per heavy atom. The summed E-state index contributed by atoms with van der Waals surface area (Å²) in [5, 5.41) is 8.53. The van der Waals surface area contributed by atoms with Gasteiger partial charge in [-0.2, -0.15) is 12.8 Å². The molecule has 122 valence electrons. The van der Waals surface area contributed by atoms with Crippen molar-refractivity contribution in [1.82, 2.24) is 0 Å². The number of aliphatic hydroxyl groups excluding tert-OH is 1. The maximum atomic E-state index is 12.6. The summed E-state index contributed by atoms with van der Waals surface area (Å²) in [5.41, 5.74) is 0. The first-order valence-corrected chi connectivity index (χ1v) is 7.34. The zero-order chi connectivity index (χ0) is 16.5. The summed E-state index contributed by atoms with van der Waals surface area (Å²) in [6, 6.07) is 5.82. The third kappa shape index (κ3) is 10.9. The molecule has 0 amide bonds. The SMILES string of the molecule is CS(=O)(=O)O.OCCOc1ccccc1OC(F)C(F)F. The van der Waals surface area contributed by atoms with Gasteiger partial charge in [0.15, 0.2) is 11.5 Å². The molecule has 0 aromatic heterocycles. The quantitative estimate of drug-likeness (QED) is 0.767. The lowest BCUT2D eigenvalue weighted by atomic mass is 10.3. The van der Waals surface area contributed by atoms with E-state index in [-0.39, 0.29) is 24.7 Å². The van der Waals surface area contributed by atoms with Crippen molar-refractivity contribution in [3.63, 3.8) is 0 Å². The molecule has 0 aliphatic rings. The summed E-state index contributed by atoms with van der Waals surface area (Å²) in [5.74, 6) is -0.0106. The number of ether oxygens (including phenoxy) is 2. The molecule has 0 fully saturated rings. The van der Waals surface area contributed by atoms with Crippen LogP contribution in [0.5, 0.6) is 11.5 Å². The number of hydrogen-bond donors (Lipinski definition) is 2. The van der Waals surface area contributed by atoms with Crippen molar-refractivity contribution >= 4 is 10.1 Å². The van der Waals surface area contributed by atoms with E-state index in [0.29, 0.717) is 6.26 Å². The Morgan fingerprint density at radius 2 is 1.67 bits per heavy atom. The lowest BCUT2D eigenvalue weighted by Crippen LogP contribution is -2.20. The maximum Gasteiger partial charge on any atom is 0.304 e. The number of benzene rings is 1. The fourth-order valence-electron chi connectivity index (χ4n) is 0.995. The van der Waals surface area contributed by atoms with Gasteiger partial charge in [0.05, 0.1) is 12.9 Å². The van der Waals surface area contributed by atoms with Gasteiger partial charge in [-0.1, -0.05) is 12.1 Å². The van der Waals surface area contributed by atoms with Gasteiger partial charge in [-0.3, -0.25) is 4.55 Å². The standard InChI is InChI=1S/C10H11F3O3.CH4O3S/c11-9(12)10(13)16-8-4-2-1-3-7(8)15-6-5-14;1-5(2,3)4/h1-4,9-10,14H,5-6H2;1H3,(H,2,3,4). The van der Waals surface area contributed by atoms with Gasteiger partial charge in [0, 0.05) is 0 Å². The van der Waals surface area contributed by atoms with Gasteiger partial charge in [-0.05, 0) is 12.1 Å². The molecule has 0 radical (unpaired) electrons. The van der Waals surface area contributed by atoms with Crippen molar-refractivity contribution < 1.29 is 40.7 Å². The second-order valence-corrected chi connectivity index (χ2v) is 5.02. The van der Waals surface area contributed by atoms with Crippen molar-refractivity contribution in [1.29, 1.82) is 0 Å². The summed E-state index contributed by atoms with van der Waals surface area (Å²) in [6.45, 7) is -0.256. The van der Waals surface area contributed by atoms with Gasteiger partial charge in [-0.25, -0.2) is 8.78 Å². The Morgan fingerprint density at radius 1 is 1.19 bits per heavy atom. The molecule has 1 atom stereocenters. The summed E-state index contributed by atoms with van der Waals surface area (Å²) in [7, 11) is -3.67. The van der Waals surface area contributed by atoms with Crippen LogP contribution in [0.25, 0.3) is 0 Å². The second-order valence-electron chi connectivity index (χ2n) is 3.56. The van der Waals surface area contributed by atoms with Crippen LogP contribution in [0, 0.1) is 0 Å². The predicted octanol–water partition coefficient (Wildman–Crippen LogP) is 1.50. The molecule has 1 rings (SSSR count). The van der Waals surface area contributed by atoms with E-state index in [2.05, 4.69) is 4.74 Å². The first-order chi connectivity index (χ1) is 9.65. The summed E-state index contributed by atoms with van der Waals surface area (Å²) in [6.07, 6.45) is -5.20. The highest BCUT2D eigenvalue weighted by Crippen LogP contribution is 2.28. The second kappa shape index (κ2) is 9.42. The van der Waals surface area contributed by atoms with Gasteiger partial charge >= 0.3 is 6.43 Å². The van der Waals surface area contributed by atoms with Crippen LogP contribution >= 0.6 is 0 Å². The normalized spacial score (nSPS) is 12.3. The molecule has 1 aromatic rings. The van der Waals surface area contributed by atoms with Crippen LogP contribution in [0.1, 0.15) is 0 Å². The molecule has 0 aliphatic carbocycles. The zero-order valence-corrected chi connectivity index (χ0v) is 11.8. The van der Waals surface area contributed by atoms with Crippen LogP contribution in [0.4, 0.5) is 13.2 Å². The third-order valence-electron chi connectivity index (χ3n) is 1.64. The predicted molar refractivity (Wildman–Crippen MR) is 68.0 cm³/mol. The zero-order valence-electron chi connectivity index (χ0n) is 10.9. The van der Waals surface area contributed by atoms with E-state index in [4.69, 9.17) is 14.4 Å². The molecule has 6 nitrogen and oxygen atoms in total. The molecule has 0 aliphatic heterocycles. The van der Waals surface area contributed by atoms with E-state index >= 15 is 0 Å². The van der Waals surface area contributed by atoms with Crippen molar-refractivity contribution in [2.75, 3.05) is 19.5 Å². The minimum atomic E-state index is -3.67. The molecule has 0 heterocycles. The number of hydrogen-bond acceptors (Lipinski definition) is 5. The van der Waals surface area contributed by atoms with Gasteiger partial charge < -0.3 is 14.6 Å². The molecule has 0 bridgehead atoms. The van der Waals surface area contributed by atoms with E-state index in [1.165, 1.54) is 18.2 Å². The van der Waals surface area contributed by atoms with E-state index < -0.39 is 22.9 Å². The number of halogens is 3. The minimum absolute atomic E-state index is 0.0218. The van der Waals surface area contributed by atoms with Crippen LogP contribution in [0.15, 0.2) is 24.3 Å². The number of rotatable bonds is 6. The van der Waals surface area contributed by atoms with Crippen LogP contribution < -0.4 is 9.47 Å². The number of alkyl halides is 3. The molecular weight excluding hydrogens is 317 g/mol. The Labute approximate surface area is 119 Å². The van der Waals surface area contributed by atoms with E-state index in [1.807, 2.05) is 0 Å². The Hall–Kier alpha value is -1.52. The van der Waals surface area contributed by atoms with Gasteiger partial charge in [0.2, 0.25) is 0 Å². The highest BCUT2D eigenvalue weighted by molar-refractivity contribution is 7.85. The highest BCUT2D eigenvalue weighted by Gasteiger charge is 2.22.